The molecule has 0 saturated carbocycles. The maximum Gasteiger partial charge on any atom is 0.253 e. The lowest BCUT2D eigenvalue weighted by atomic mass is 10.2. The van der Waals surface area contributed by atoms with Gasteiger partial charge in [-0.15, -0.1) is 0 Å². The van der Waals surface area contributed by atoms with Gasteiger partial charge in [0, 0.05) is 36.8 Å². The van der Waals surface area contributed by atoms with Gasteiger partial charge in [0.25, 0.3) is 5.91 Å². The van der Waals surface area contributed by atoms with Gasteiger partial charge < -0.3 is 19.5 Å². The molecule has 2 amide bonds. The smallest absolute Gasteiger partial charge is 0.253 e. The van der Waals surface area contributed by atoms with Crippen LogP contribution in [0.3, 0.4) is 0 Å². The van der Waals surface area contributed by atoms with Crippen molar-refractivity contribution in [2.75, 3.05) is 38.6 Å². The average Bonchev–Trinajstić information content (AvgIpc) is 3.26. The van der Waals surface area contributed by atoms with E-state index in [4.69, 9.17) is 20.9 Å². The SMILES string of the molecule is COc1ccccc1NC(=O)Cc1noc(CN2CCN(C(=O)c3ccc(Cl)cc3)CC2)n1. The monoisotopic (exact) mass is 469 g/mol. The second-order valence-corrected chi connectivity index (χ2v) is 8.04. The molecule has 9 nitrogen and oxygen atoms in total. The first-order valence-corrected chi connectivity index (χ1v) is 10.9. The van der Waals surface area contributed by atoms with E-state index in [-0.39, 0.29) is 18.2 Å². The number of methoxy groups -OCH3 is 1. The molecule has 3 aromatic rings. The predicted molar refractivity (Wildman–Crippen MR) is 122 cm³/mol. The zero-order chi connectivity index (χ0) is 23.2. The molecule has 4 rings (SSSR count). The molecular weight excluding hydrogens is 446 g/mol. The largest absolute Gasteiger partial charge is 0.495 e. The molecule has 33 heavy (non-hydrogen) atoms. The number of amides is 2. The van der Waals surface area contributed by atoms with Crippen molar-refractivity contribution in [2.24, 2.45) is 0 Å². The van der Waals surface area contributed by atoms with Crippen LogP contribution in [0.5, 0.6) is 5.75 Å². The molecule has 1 aromatic heterocycles. The molecule has 2 heterocycles. The zero-order valence-corrected chi connectivity index (χ0v) is 18.9. The normalized spacial score (nSPS) is 14.2. The summed E-state index contributed by atoms with van der Waals surface area (Å²) in [4.78, 5) is 33.3. The zero-order valence-electron chi connectivity index (χ0n) is 18.2. The lowest BCUT2D eigenvalue weighted by Crippen LogP contribution is -2.48. The first kappa shape index (κ1) is 22.8. The van der Waals surface area contributed by atoms with Crippen LogP contribution in [0, 0.1) is 0 Å². The lowest BCUT2D eigenvalue weighted by Gasteiger charge is -2.34. The minimum atomic E-state index is -0.263. The van der Waals surface area contributed by atoms with Gasteiger partial charge in [-0.2, -0.15) is 4.98 Å². The van der Waals surface area contributed by atoms with E-state index >= 15 is 0 Å². The van der Waals surface area contributed by atoms with Crippen molar-refractivity contribution in [3.05, 3.63) is 70.8 Å². The predicted octanol–water partition coefficient (Wildman–Crippen LogP) is 2.87. The molecular formula is C23H24ClN5O4. The number of benzene rings is 2. The number of halogens is 1. The first-order chi connectivity index (χ1) is 16.0. The van der Waals surface area contributed by atoms with Crippen molar-refractivity contribution in [3.63, 3.8) is 0 Å². The Hall–Kier alpha value is -3.43. The second-order valence-electron chi connectivity index (χ2n) is 7.60. The number of aromatic nitrogens is 2. The van der Waals surface area contributed by atoms with Crippen molar-refractivity contribution in [3.8, 4) is 5.75 Å². The maximum absolute atomic E-state index is 12.6. The summed E-state index contributed by atoms with van der Waals surface area (Å²) < 4.78 is 10.6. The van der Waals surface area contributed by atoms with Crippen LogP contribution in [0.25, 0.3) is 0 Å². The van der Waals surface area contributed by atoms with Gasteiger partial charge in [-0.05, 0) is 36.4 Å². The van der Waals surface area contributed by atoms with Crippen molar-refractivity contribution in [1.29, 1.82) is 0 Å². The topological polar surface area (TPSA) is 101 Å². The van der Waals surface area contributed by atoms with E-state index in [1.165, 1.54) is 0 Å². The molecule has 1 saturated heterocycles. The number of nitrogens with one attached hydrogen (secondary N) is 1. The number of hydrogen-bond donors (Lipinski definition) is 1. The minimum absolute atomic E-state index is 0.00699. The van der Waals surface area contributed by atoms with Gasteiger partial charge in [-0.25, -0.2) is 0 Å². The number of piperazine rings is 1. The Labute approximate surface area is 196 Å². The summed E-state index contributed by atoms with van der Waals surface area (Å²) in [5, 5.41) is 7.31. The molecule has 0 atom stereocenters. The Bertz CT molecular complexity index is 1110. The minimum Gasteiger partial charge on any atom is -0.495 e. The van der Waals surface area contributed by atoms with E-state index in [0.29, 0.717) is 66.5 Å². The van der Waals surface area contributed by atoms with Crippen molar-refractivity contribution >= 4 is 29.1 Å². The lowest BCUT2D eigenvalue weighted by molar-refractivity contribution is -0.115. The Balaban J connectivity index is 1.26. The number of nitrogens with zero attached hydrogens (tertiary/aromatic N) is 4. The summed E-state index contributed by atoms with van der Waals surface area (Å²) >= 11 is 5.90. The molecule has 0 aliphatic carbocycles. The summed E-state index contributed by atoms with van der Waals surface area (Å²) in [6.07, 6.45) is -0.00901. The van der Waals surface area contributed by atoms with Crippen LogP contribution in [-0.2, 0) is 17.8 Å². The summed E-state index contributed by atoms with van der Waals surface area (Å²) in [6.45, 7) is 3.04. The highest BCUT2D eigenvalue weighted by Gasteiger charge is 2.23. The Morgan fingerprint density at radius 1 is 1.09 bits per heavy atom. The Morgan fingerprint density at radius 3 is 2.55 bits per heavy atom. The molecule has 1 fully saturated rings. The molecule has 10 heteroatoms. The van der Waals surface area contributed by atoms with Gasteiger partial charge >= 0.3 is 0 Å². The van der Waals surface area contributed by atoms with Gasteiger partial charge in [0.15, 0.2) is 5.82 Å². The standard InChI is InChI=1S/C23H24ClN5O4/c1-32-19-5-3-2-4-18(19)25-21(30)14-20-26-22(33-27-20)15-28-10-12-29(13-11-28)23(31)16-6-8-17(24)9-7-16/h2-9H,10-15H2,1H3,(H,25,30). The van der Waals surface area contributed by atoms with E-state index in [2.05, 4.69) is 20.4 Å². The van der Waals surface area contributed by atoms with Crippen LogP contribution in [-0.4, -0.2) is 65.0 Å². The highest BCUT2D eigenvalue weighted by atomic mass is 35.5. The molecule has 172 valence electrons. The van der Waals surface area contributed by atoms with Crippen LogP contribution in [0.4, 0.5) is 5.69 Å². The Kier molecular flexibility index (Phi) is 7.21. The fourth-order valence-corrected chi connectivity index (χ4v) is 3.71. The van der Waals surface area contributed by atoms with E-state index < -0.39 is 0 Å². The first-order valence-electron chi connectivity index (χ1n) is 10.5. The van der Waals surface area contributed by atoms with Crippen LogP contribution in [0.1, 0.15) is 22.1 Å². The number of anilines is 1. The van der Waals surface area contributed by atoms with Gasteiger partial charge in [0.05, 0.1) is 25.8 Å². The summed E-state index contributed by atoms with van der Waals surface area (Å²) in [7, 11) is 1.55. The van der Waals surface area contributed by atoms with E-state index in [1.807, 2.05) is 17.0 Å². The van der Waals surface area contributed by atoms with Gasteiger partial charge in [0.1, 0.15) is 5.75 Å². The van der Waals surface area contributed by atoms with Crippen LogP contribution in [0.15, 0.2) is 53.1 Å². The average molecular weight is 470 g/mol. The highest BCUT2D eigenvalue weighted by Crippen LogP contribution is 2.23. The molecule has 0 bridgehead atoms. The third-order valence-electron chi connectivity index (χ3n) is 5.32. The molecule has 1 N–H and O–H groups in total. The highest BCUT2D eigenvalue weighted by molar-refractivity contribution is 6.30. The van der Waals surface area contributed by atoms with E-state index in [0.717, 1.165) is 0 Å². The fourth-order valence-electron chi connectivity index (χ4n) is 3.59. The van der Waals surface area contributed by atoms with Crippen molar-refractivity contribution < 1.29 is 18.8 Å². The molecule has 0 unspecified atom stereocenters. The Morgan fingerprint density at radius 2 is 1.82 bits per heavy atom. The number of carbonyl (C=O) groups excluding carboxylic acids is 2. The van der Waals surface area contributed by atoms with Gasteiger partial charge in [-0.1, -0.05) is 28.9 Å². The second kappa shape index (κ2) is 10.5. The molecule has 1 aliphatic rings. The number of carbonyl (C=O) groups is 2. The maximum atomic E-state index is 12.6. The number of ether oxygens (including phenoxy) is 1. The molecule has 1 aliphatic heterocycles. The van der Waals surface area contributed by atoms with Gasteiger partial charge in [-0.3, -0.25) is 14.5 Å². The van der Waals surface area contributed by atoms with Crippen LogP contribution >= 0.6 is 11.6 Å². The third-order valence-corrected chi connectivity index (χ3v) is 5.57. The van der Waals surface area contributed by atoms with Gasteiger partial charge in [0.2, 0.25) is 11.8 Å². The van der Waals surface area contributed by atoms with Crippen LogP contribution in [0.2, 0.25) is 5.02 Å². The van der Waals surface area contributed by atoms with Crippen LogP contribution < -0.4 is 10.1 Å². The van der Waals surface area contributed by atoms with E-state index in [1.54, 1.807) is 43.5 Å². The number of para-hydroxylation sites is 2. The quantitative estimate of drug-likeness (QED) is 0.567. The summed E-state index contributed by atoms with van der Waals surface area (Å²) in [5.74, 6) is 1.06. The third kappa shape index (κ3) is 5.88. The molecule has 0 spiro atoms. The summed E-state index contributed by atoms with van der Waals surface area (Å²) in [5.41, 5.74) is 1.21. The molecule has 2 aromatic carbocycles. The summed E-state index contributed by atoms with van der Waals surface area (Å²) in [6, 6.07) is 14.1. The fraction of sp³-hybridized carbons (Fsp3) is 0.304. The molecule has 0 radical (unpaired) electrons. The van der Waals surface area contributed by atoms with Crippen molar-refractivity contribution in [1.82, 2.24) is 19.9 Å². The van der Waals surface area contributed by atoms with Crippen molar-refractivity contribution in [2.45, 2.75) is 13.0 Å². The van der Waals surface area contributed by atoms with E-state index in [9.17, 15) is 9.59 Å². The number of hydrogen-bond acceptors (Lipinski definition) is 7. The number of rotatable bonds is 7.